The Morgan fingerprint density at radius 2 is 2.33 bits per heavy atom. The number of ether oxygens (including phenoxy) is 1. The number of nitrogens with one attached hydrogen (secondary N) is 1. The van der Waals surface area contributed by atoms with E-state index in [2.05, 4.69) is 51.7 Å². The van der Waals surface area contributed by atoms with Gasteiger partial charge in [-0.1, -0.05) is 21.1 Å². The first kappa shape index (κ1) is 18.6. The number of anilines is 1. The molecule has 0 saturated heterocycles. The number of carbonyl (C=O) groups excluding carboxylic acids is 1. The van der Waals surface area contributed by atoms with Crippen LogP contribution in [0.2, 0.25) is 0 Å². The van der Waals surface area contributed by atoms with Gasteiger partial charge in [0.05, 0.1) is 12.8 Å². The summed E-state index contributed by atoms with van der Waals surface area (Å²) in [5.41, 5.74) is 8.25. The number of carbonyl (C=O) groups is 1. The van der Waals surface area contributed by atoms with E-state index >= 15 is 0 Å². The molecule has 3 aromatic rings. The lowest BCUT2D eigenvalue weighted by atomic mass is 10.2. The number of hydrogen-bond donors (Lipinski definition) is 2. The topological polar surface area (TPSA) is 146 Å². The van der Waals surface area contributed by atoms with Gasteiger partial charge in [0.25, 0.3) is 5.91 Å². The summed E-state index contributed by atoms with van der Waals surface area (Å²) in [4.78, 5) is 12.4. The highest BCUT2D eigenvalue weighted by Crippen LogP contribution is 2.16. The third kappa shape index (κ3) is 3.98. The van der Waals surface area contributed by atoms with Gasteiger partial charge in [-0.25, -0.2) is 14.4 Å². The number of methoxy groups -OCH3 is 1. The van der Waals surface area contributed by atoms with Gasteiger partial charge in [-0.05, 0) is 28.5 Å². The standard InChI is InChI=1S/C14H12BrFN8O3/c1-26-6-10-11(19-23-24(10)13-12(17)21-27-22-13)14(25)20-18-5-7-4-8(15)2-3-9(7)16/h2-5H,6H2,1H3,(H2,17,21)(H,20,25)/b18-5+. The summed E-state index contributed by atoms with van der Waals surface area (Å²) in [7, 11) is 1.43. The van der Waals surface area contributed by atoms with Crippen molar-refractivity contribution in [2.24, 2.45) is 5.10 Å². The molecule has 0 aliphatic heterocycles. The minimum absolute atomic E-state index is 0.0218. The molecule has 3 N–H and O–H groups in total. The highest BCUT2D eigenvalue weighted by atomic mass is 79.9. The van der Waals surface area contributed by atoms with Crippen LogP contribution >= 0.6 is 15.9 Å². The normalized spacial score (nSPS) is 11.2. The summed E-state index contributed by atoms with van der Waals surface area (Å²) in [6, 6.07) is 4.33. The number of rotatable bonds is 6. The Balaban J connectivity index is 1.82. The first-order chi connectivity index (χ1) is 13.0. The zero-order valence-electron chi connectivity index (χ0n) is 13.8. The second kappa shape index (κ2) is 8.01. The minimum atomic E-state index is -0.685. The largest absolute Gasteiger partial charge is 0.378 e. The number of nitrogens with two attached hydrogens (primary N) is 1. The van der Waals surface area contributed by atoms with Gasteiger partial charge in [0.15, 0.2) is 5.69 Å². The van der Waals surface area contributed by atoms with Crippen molar-refractivity contribution < 1.29 is 18.6 Å². The van der Waals surface area contributed by atoms with Gasteiger partial charge in [0, 0.05) is 17.1 Å². The fraction of sp³-hybridized carbons (Fsp3) is 0.143. The fourth-order valence-electron chi connectivity index (χ4n) is 2.08. The van der Waals surface area contributed by atoms with Crippen LogP contribution in [0.25, 0.3) is 5.82 Å². The smallest absolute Gasteiger partial charge is 0.293 e. The molecule has 27 heavy (non-hydrogen) atoms. The SMILES string of the molecule is COCc1c(C(=O)N/N=C/c2cc(Br)ccc2F)nnn1-c1nonc1N. The molecule has 0 atom stereocenters. The van der Waals surface area contributed by atoms with E-state index in [1.807, 2.05) is 0 Å². The summed E-state index contributed by atoms with van der Waals surface area (Å²) < 4.78 is 25.1. The van der Waals surface area contributed by atoms with Gasteiger partial charge in [0.1, 0.15) is 11.5 Å². The van der Waals surface area contributed by atoms with Crippen LogP contribution < -0.4 is 11.2 Å². The Labute approximate surface area is 159 Å². The molecular weight excluding hydrogens is 427 g/mol. The number of nitrogens with zero attached hydrogens (tertiary/aromatic N) is 6. The van der Waals surface area contributed by atoms with E-state index in [1.165, 1.54) is 23.9 Å². The molecule has 0 aliphatic rings. The molecule has 0 radical (unpaired) electrons. The van der Waals surface area contributed by atoms with Crippen molar-refractivity contribution in [3.63, 3.8) is 0 Å². The Hall–Kier alpha value is -3.19. The van der Waals surface area contributed by atoms with E-state index in [9.17, 15) is 9.18 Å². The van der Waals surface area contributed by atoms with E-state index < -0.39 is 11.7 Å². The van der Waals surface area contributed by atoms with Crippen LogP contribution in [-0.4, -0.2) is 44.5 Å². The zero-order valence-corrected chi connectivity index (χ0v) is 15.3. The summed E-state index contributed by atoms with van der Waals surface area (Å²) in [6.45, 7) is -0.0218. The monoisotopic (exact) mass is 438 g/mol. The third-order valence-corrected chi connectivity index (χ3v) is 3.78. The molecule has 0 fully saturated rings. The van der Waals surface area contributed by atoms with Crippen LogP contribution in [-0.2, 0) is 11.3 Å². The number of benzene rings is 1. The first-order valence-electron chi connectivity index (χ1n) is 7.31. The van der Waals surface area contributed by atoms with E-state index in [1.54, 1.807) is 6.07 Å². The second-order valence-electron chi connectivity index (χ2n) is 5.07. The van der Waals surface area contributed by atoms with Gasteiger partial charge >= 0.3 is 0 Å². The molecule has 0 unspecified atom stereocenters. The summed E-state index contributed by atoms with van der Waals surface area (Å²) in [5, 5.41) is 18.4. The average molecular weight is 439 g/mol. The molecule has 13 heteroatoms. The van der Waals surface area contributed by atoms with Gasteiger partial charge in [0.2, 0.25) is 11.6 Å². The van der Waals surface area contributed by atoms with Crippen molar-refractivity contribution in [1.82, 2.24) is 30.7 Å². The molecule has 140 valence electrons. The van der Waals surface area contributed by atoms with Crippen molar-refractivity contribution in [2.75, 3.05) is 12.8 Å². The molecule has 11 nitrogen and oxygen atoms in total. The third-order valence-electron chi connectivity index (χ3n) is 3.28. The van der Waals surface area contributed by atoms with Crippen LogP contribution in [0.3, 0.4) is 0 Å². The van der Waals surface area contributed by atoms with Crippen LogP contribution in [0, 0.1) is 5.82 Å². The van der Waals surface area contributed by atoms with E-state index in [0.29, 0.717) is 4.47 Å². The maximum Gasteiger partial charge on any atom is 0.293 e. The van der Waals surface area contributed by atoms with Crippen LogP contribution in [0.4, 0.5) is 10.2 Å². The van der Waals surface area contributed by atoms with Crippen molar-refractivity contribution in [2.45, 2.75) is 6.61 Å². The predicted molar refractivity (Wildman–Crippen MR) is 93.5 cm³/mol. The molecule has 1 amide bonds. The predicted octanol–water partition coefficient (Wildman–Crippen LogP) is 1.04. The van der Waals surface area contributed by atoms with Crippen molar-refractivity contribution in [3.8, 4) is 5.82 Å². The van der Waals surface area contributed by atoms with Crippen LogP contribution in [0.15, 0.2) is 32.4 Å². The van der Waals surface area contributed by atoms with Gasteiger partial charge in [-0.3, -0.25) is 4.79 Å². The zero-order chi connectivity index (χ0) is 19.4. The van der Waals surface area contributed by atoms with E-state index in [4.69, 9.17) is 10.5 Å². The quantitative estimate of drug-likeness (QED) is 0.428. The number of aromatic nitrogens is 5. The average Bonchev–Trinajstić information content (AvgIpc) is 3.24. The van der Waals surface area contributed by atoms with Crippen molar-refractivity contribution >= 4 is 33.9 Å². The summed E-state index contributed by atoms with van der Waals surface area (Å²) in [5.74, 6) is -1.15. The molecule has 0 spiro atoms. The maximum atomic E-state index is 13.7. The van der Waals surface area contributed by atoms with Crippen LogP contribution in [0.5, 0.6) is 0 Å². The lowest BCUT2D eigenvalue weighted by molar-refractivity contribution is 0.0944. The Morgan fingerprint density at radius 3 is 3.04 bits per heavy atom. The Morgan fingerprint density at radius 1 is 1.52 bits per heavy atom. The fourth-order valence-corrected chi connectivity index (χ4v) is 2.46. The maximum absolute atomic E-state index is 13.7. The number of nitrogen functional groups attached to an aromatic ring is 1. The lowest BCUT2D eigenvalue weighted by Crippen LogP contribution is -2.20. The van der Waals surface area contributed by atoms with Gasteiger partial charge < -0.3 is 10.5 Å². The lowest BCUT2D eigenvalue weighted by Gasteiger charge is -2.04. The molecule has 2 aromatic heterocycles. The van der Waals surface area contributed by atoms with Crippen molar-refractivity contribution in [3.05, 3.63) is 45.4 Å². The second-order valence-corrected chi connectivity index (χ2v) is 5.98. The highest BCUT2D eigenvalue weighted by molar-refractivity contribution is 9.10. The van der Waals surface area contributed by atoms with E-state index in [-0.39, 0.29) is 35.2 Å². The number of hydrazone groups is 1. The minimum Gasteiger partial charge on any atom is -0.378 e. The van der Waals surface area contributed by atoms with Crippen molar-refractivity contribution in [1.29, 1.82) is 0 Å². The van der Waals surface area contributed by atoms with Gasteiger partial charge in [-0.15, -0.1) is 5.10 Å². The molecule has 3 rings (SSSR count). The molecule has 0 aliphatic carbocycles. The Kier molecular flexibility index (Phi) is 5.52. The number of amides is 1. The van der Waals surface area contributed by atoms with Crippen LogP contribution in [0.1, 0.15) is 21.7 Å². The number of hydrogen-bond acceptors (Lipinski definition) is 9. The highest BCUT2D eigenvalue weighted by Gasteiger charge is 2.23. The number of halogens is 2. The molecule has 0 bridgehead atoms. The molecular formula is C14H12BrFN8O3. The molecule has 0 saturated carbocycles. The molecule has 2 heterocycles. The summed E-state index contributed by atoms with van der Waals surface area (Å²) >= 11 is 3.23. The molecule has 1 aromatic carbocycles. The Bertz CT molecular complexity index is 1000. The van der Waals surface area contributed by atoms with Gasteiger partial charge in [-0.2, -0.15) is 9.78 Å². The first-order valence-corrected chi connectivity index (χ1v) is 8.11. The summed E-state index contributed by atoms with van der Waals surface area (Å²) in [6.07, 6.45) is 1.16. The van der Waals surface area contributed by atoms with E-state index in [0.717, 1.165) is 6.21 Å².